The summed E-state index contributed by atoms with van der Waals surface area (Å²) in [5.41, 5.74) is 12.5. The fourth-order valence-corrected chi connectivity index (χ4v) is 7.75. The molecule has 1 aliphatic heterocycles. The molecule has 2 aromatic carbocycles. The Labute approximate surface area is 315 Å². The van der Waals surface area contributed by atoms with Crippen LogP contribution >= 0.6 is 23.4 Å². The molecule has 2 aromatic heterocycles. The minimum Gasteiger partial charge on any atom is -0.361 e. The zero-order chi connectivity index (χ0) is 38.1. The number of pyridine rings is 1. The number of H-pyrrole nitrogens is 1. The van der Waals surface area contributed by atoms with Gasteiger partial charge in [-0.25, -0.2) is 4.98 Å². The first kappa shape index (κ1) is 40.0. The lowest BCUT2D eigenvalue weighted by molar-refractivity contribution is -0.142. The number of alkyl halides is 3. The molecule has 3 unspecified atom stereocenters. The van der Waals surface area contributed by atoms with E-state index in [2.05, 4.69) is 25.9 Å². The van der Waals surface area contributed by atoms with E-state index in [4.69, 9.17) is 23.1 Å². The molecule has 284 valence electrons. The lowest BCUT2D eigenvalue weighted by Crippen LogP contribution is -2.57. The average Bonchev–Trinajstić information content (AvgIpc) is 3.55. The van der Waals surface area contributed by atoms with E-state index in [9.17, 15) is 27.6 Å². The quantitative estimate of drug-likeness (QED) is 0.131. The van der Waals surface area contributed by atoms with Crippen molar-refractivity contribution in [2.75, 3.05) is 20.1 Å². The number of fused-ring (bicyclic) bond motifs is 3. The van der Waals surface area contributed by atoms with Crippen LogP contribution in [0.3, 0.4) is 0 Å². The van der Waals surface area contributed by atoms with Crippen LogP contribution in [0, 0.1) is 0 Å². The van der Waals surface area contributed by atoms with Gasteiger partial charge in [-0.3, -0.25) is 14.4 Å². The van der Waals surface area contributed by atoms with Gasteiger partial charge in [-0.2, -0.15) is 13.2 Å². The molecule has 3 atom stereocenters. The lowest BCUT2D eigenvalue weighted by atomic mass is 10.0. The van der Waals surface area contributed by atoms with Crippen molar-refractivity contribution in [1.82, 2.24) is 30.8 Å². The standard InChI is InChI=1S/C37H44ClF3N8O3S/c1-49-31(18-23-20-45-28-10-3-2-9-24(23)28)34(51)47-21-25-26(37(39,40)41)13-14-27(38)32(25)53-35-22(8-7-17-44-35)19-46-29(12-6-16-43)33(50)48-30(36(49)52)11-4-5-15-42/h2-3,7-10,13-14,17,20,29-31,45-46H,4-6,11-12,15-16,18-19,21,42-43H2,1H3,(H,47,51)(H,48,50). The minimum absolute atomic E-state index is 0.0306. The number of aromatic nitrogens is 2. The van der Waals surface area contributed by atoms with E-state index in [1.165, 1.54) is 24.2 Å². The Balaban J connectivity index is 1.63. The summed E-state index contributed by atoms with van der Waals surface area (Å²) < 4.78 is 43.7. The van der Waals surface area contributed by atoms with Crippen LogP contribution in [0.25, 0.3) is 10.9 Å². The summed E-state index contributed by atoms with van der Waals surface area (Å²) in [4.78, 5) is 51.5. The number of halogens is 4. The molecule has 0 spiro atoms. The Morgan fingerprint density at radius 3 is 2.45 bits per heavy atom. The van der Waals surface area contributed by atoms with Gasteiger partial charge in [-0.05, 0) is 86.1 Å². The summed E-state index contributed by atoms with van der Waals surface area (Å²) in [5, 5.41) is 10.1. The Bertz CT molecular complexity index is 1910. The highest BCUT2D eigenvalue weighted by Gasteiger charge is 2.37. The number of aromatic amines is 1. The fourth-order valence-electron chi connectivity index (χ4n) is 6.41. The first-order valence-corrected chi connectivity index (χ1v) is 18.7. The van der Waals surface area contributed by atoms with Gasteiger partial charge in [-0.1, -0.05) is 47.6 Å². The predicted octanol–water partition coefficient (Wildman–Crippen LogP) is 4.90. The predicted molar refractivity (Wildman–Crippen MR) is 199 cm³/mol. The summed E-state index contributed by atoms with van der Waals surface area (Å²) in [6, 6.07) is 9.98. The molecule has 16 heteroatoms. The summed E-state index contributed by atoms with van der Waals surface area (Å²) >= 11 is 7.55. The van der Waals surface area contributed by atoms with Gasteiger partial charge in [0, 0.05) is 54.8 Å². The number of amides is 3. The summed E-state index contributed by atoms with van der Waals surface area (Å²) in [6.45, 7) is 0.289. The highest BCUT2D eigenvalue weighted by molar-refractivity contribution is 7.99. The maximum atomic E-state index is 14.6. The SMILES string of the molecule is CN1C(=O)C(CCCCN)NC(=O)C(CCCN)NCc2cccnc2Sc2c(Cl)ccc(C(F)(F)F)c2CNC(=O)C1Cc1c[nH]c2ccccc12. The second-order valence-corrected chi connectivity index (χ2v) is 14.3. The number of nitrogens with two attached hydrogens (primary N) is 2. The summed E-state index contributed by atoms with van der Waals surface area (Å²) in [7, 11) is 1.46. The molecular formula is C37H44ClF3N8O3S. The molecular weight excluding hydrogens is 729 g/mol. The summed E-state index contributed by atoms with van der Waals surface area (Å²) in [6.07, 6.45) is 0.731. The lowest BCUT2D eigenvalue weighted by Gasteiger charge is -2.32. The molecule has 4 aromatic rings. The van der Waals surface area contributed by atoms with Crippen LogP contribution in [0.4, 0.5) is 13.2 Å². The van der Waals surface area contributed by atoms with Crippen LogP contribution in [-0.2, 0) is 40.1 Å². The molecule has 0 aliphatic carbocycles. The molecule has 3 amide bonds. The van der Waals surface area contributed by atoms with Gasteiger partial charge < -0.3 is 37.3 Å². The monoisotopic (exact) mass is 772 g/mol. The van der Waals surface area contributed by atoms with E-state index in [0.717, 1.165) is 34.3 Å². The zero-order valence-electron chi connectivity index (χ0n) is 29.3. The van der Waals surface area contributed by atoms with Crippen molar-refractivity contribution in [3.63, 3.8) is 0 Å². The van der Waals surface area contributed by atoms with Crippen molar-refractivity contribution in [2.45, 2.75) is 85.8 Å². The number of unbranched alkanes of at least 4 members (excludes halogenated alkanes) is 1. The molecule has 3 heterocycles. The molecule has 1 aliphatic rings. The van der Waals surface area contributed by atoms with Crippen molar-refractivity contribution in [3.8, 4) is 0 Å². The third kappa shape index (κ3) is 9.89. The van der Waals surface area contributed by atoms with Gasteiger partial charge >= 0.3 is 6.18 Å². The number of carbonyl (C=O) groups excluding carboxylic acids is 3. The molecule has 11 nitrogen and oxygen atoms in total. The first-order valence-electron chi connectivity index (χ1n) is 17.5. The Morgan fingerprint density at radius 1 is 0.943 bits per heavy atom. The molecule has 0 radical (unpaired) electrons. The highest BCUT2D eigenvalue weighted by atomic mass is 35.5. The fraction of sp³-hybridized carbons (Fsp3) is 0.405. The third-order valence-electron chi connectivity index (χ3n) is 9.33. The summed E-state index contributed by atoms with van der Waals surface area (Å²) in [5.74, 6) is -1.64. The number of hydrogen-bond donors (Lipinski definition) is 6. The molecule has 0 fully saturated rings. The van der Waals surface area contributed by atoms with E-state index < -0.39 is 54.1 Å². The maximum Gasteiger partial charge on any atom is 0.416 e. The second kappa shape index (κ2) is 18.3. The van der Waals surface area contributed by atoms with Crippen LogP contribution in [0.1, 0.15) is 54.4 Å². The van der Waals surface area contributed by atoms with Gasteiger partial charge in [0.15, 0.2) is 0 Å². The molecule has 0 saturated heterocycles. The highest BCUT2D eigenvalue weighted by Crippen LogP contribution is 2.43. The molecule has 5 rings (SSSR count). The van der Waals surface area contributed by atoms with Gasteiger partial charge in [0.05, 0.1) is 16.6 Å². The van der Waals surface area contributed by atoms with Gasteiger partial charge in [0.1, 0.15) is 17.1 Å². The average molecular weight is 773 g/mol. The van der Waals surface area contributed by atoms with E-state index in [-0.39, 0.29) is 34.9 Å². The number of likely N-dealkylation sites (N-methyl/N-ethyl adjacent to an activating group) is 1. The van der Waals surface area contributed by atoms with E-state index in [1.807, 2.05) is 24.3 Å². The number of nitrogens with one attached hydrogen (secondary N) is 4. The molecule has 53 heavy (non-hydrogen) atoms. The Hall–Kier alpha value is -4.15. The van der Waals surface area contributed by atoms with E-state index in [1.54, 1.807) is 18.3 Å². The van der Waals surface area contributed by atoms with E-state index in [0.29, 0.717) is 49.4 Å². The van der Waals surface area contributed by atoms with Crippen molar-refractivity contribution in [1.29, 1.82) is 0 Å². The van der Waals surface area contributed by atoms with Crippen LogP contribution in [0.5, 0.6) is 0 Å². The maximum absolute atomic E-state index is 14.6. The number of carbonyl (C=O) groups is 3. The normalized spacial score (nSPS) is 19.3. The number of nitrogens with zero attached hydrogens (tertiary/aromatic N) is 2. The van der Waals surface area contributed by atoms with Crippen molar-refractivity contribution in [3.05, 3.63) is 88.2 Å². The van der Waals surface area contributed by atoms with Crippen LogP contribution in [0.15, 0.2) is 70.8 Å². The van der Waals surface area contributed by atoms with E-state index >= 15 is 0 Å². The largest absolute Gasteiger partial charge is 0.416 e. The molecule has 0 saturated carbocycles. The van der Waals surface area contributed by atoms with Crippen LogP contribution < -0.4 is 27.4 Å². The van der Waals surface area contributed by atoms with Crippen LogP contribution in [0.2, 0.25) is 5.02 Å². The smallest absolute Gasteiger partial charge is 0.361 e. The number of benzene rings is 2. The number of para-hydroxylation sites is 1. The Morgan fingerprint density at radius 2 is 1.70 bits per heavy atom. The first-order chi connectivity index (χ1) is 25.4. The van der Waals surface area contributed by atoms with Crippen LogP contribution in [-0.4, -0.2) is 70.9 Å². The zero-order valence-corrected chi connectivity index (χ0v) is 30.8. The molecule has 0 bridgehead atoms. The molecule has 8 N–H and O–H groups in total. The van der Waals surface area contributed by atoms with Gasteiger partial charge in [0.2, 0.25) is 17.7 Å². The second-order valence-electron chi connectivity index (χ2n) is 12.9. The Kier molecular flexibility index (Phi) is 13.8. The van der Waals surface area contributed by atoms with Gasteiger partial charge in [-0.15, -0.1) is 0 Å². The number of rotatable bonds is 9. The minimum atomic E-state index is -4.78. The van der Waals surface area contributed by atoms with Crippen molar-refractivity contribution < 1.29 is 27.6 Å². The third-order valence-corrected chi connectivity index (χ3v) is 11.0. The topological polar surface area (TPSA) is 171 Å². The van der Waals surface area contributed by atoms with Gasteiger partial charge in [0.25, 0.3) is 0 Å². The number of hydrogen-bond acceptors (Lipinski definition) is 8. The van der Waals surface area contributed by atoms with Crippen molar-refractivity contribution >= 4 is 52.0 Å². The van der Waals surface area contributed by atoms with Crippen molar-refractivity contribution in [2.24, 2.45) is 11.5 Å².